The van der Waals surface area contributed by atoms with Crippen molar-refractivity contribution in [2.75, 3.05) is 26.7 Å². The Hall–Kier alpha value is -1.43. The third kappa shape index (κ3) is 4.69. The monoisotopic (exact) mass is 488 g/mol. The Morgan fingerprint density at radius 3 is 2.87 bits per heavy atom. The molecule has 3 aliphatic heterocycles. The number of hydrogen-bond acceptors (Lipinski definition) is 3. The predicted molar refractivity (Wildman–Crippen MR) is 122 cm³/mol. The molecule has 0 unspecified atom stereocenters. The first-order valence-corrected chi connectivity index (χ1v) is 11.7. The van der Waals surface area contributed by atoms with Gasteiger partial charge in [0.1, 0.15) is 17.9 Å². The van der Waals surface area contributed by atoms with Crippen molar-refractivity contribution < 1.29 is 31.3 Å². The molecular weight excluding hydrogens is 452 g/mol. The summed E-state index contributed by atoms with van der Waals surface area (Å²) >= 11 is 0. The second-order valence-corrected chi connectivity index (χ2v) is 9.39. The Balaban J connectivity index is 0.00000272. The summed E-state index contributed by atoms with van der Waals surface area (Å²) in [5.41, 5.74) is 1.92. The predicted octanol–water partition coefficient (Wildman–Crippen LogP) is 2.27. The number of aromatic nitrogens is 1. The number of unbranched alkanes of at least 4 members (excludes halogenated alkanes) is 3. The molecule has 3 saturated heterocycles. The van der Waals surface area contributed by atoms with E-state index in [1.165, 1.54) is 45.2 Å². The van der Waals surface area contributed by atoms with E-state index in [-0.39, 0.29) is 23.0 Å². The third-order valence-corrected chi connectivity index (χ3v) is 7.80. The molecule has 0 amide bonds. The van der Waals surface area contributed by atoms with Gasteiger partial charge in [-0.2, -0.15) is 0 Å². The summed E-state index contributed by atoms with van der Waals surface area (Å²) in [6.07, 6.45) is 11.0. The van der Waals surface area contributed by atoms with E-state index in [0.29, 0.717) is 11.8 Å². The normalized spacial score (nSPS) is 28.2. The van der Waals surface area contributed by atoms with Crippen LogP contribution in [-0.4, -0.2) is 47.4 Å². The van der Waals surface area contributed by atoms with E-state index >= 15 is 0 Å². The summed E-state index contributed by atoms with van der Waals surface area (Å²) in [7, 11) is 1.69. The van der Waals surface area contributed by atoms with Crippen LogP contribution < -0.4 is 21.7 Å². The molecule has 0 radical (unpaired) electrons. The number of aliphatic hydroxyl groups is 1. The number of halogens is 1. The molecule has 1 N–H and O–H groups in total. The van der Waals surface area contributed by atoms with Crippen molar-refractivity contribution >= 4 is 10.9 Å². The molecule has 2 bridgehead atoms. The van der Waals surface area contributed by atoms with E-state index in [2.05, 4.69) is 24.6 Å². The van der Waals surface area contributed by atoms with Gasteiger partial charge < -0.3 is 31.3 Å². The highest BCUT2D eigenvalue weighted by molar-refractivity contribution is 5.83. The van der Waals surface area contributed by atoms with Crippen LogP contribution in [0.5, 0.6) is 5.75 Å². The fourth-order valence-corrected chi connectivity index (χ4v) is 6.08. The molecule has 5 rings (SSSR count). The van der Waals surface area contributed by atoms with Crippen molar-refractivity contribution in [3.8, 4) is 5.75 Å². The van der Waals surface area contributed by atoms with Gasteiger partial charge in [0.25, 0.3) is 0 Å². The largest absolute Gasteiger partial charge is 1.00 e. The highest BCUT2D eigenvalue weighted by atomic mass is 79.9. The molecule has 1 aromatic heterocycles. The number of piperidine rings is 3. The third-order valence-electron chi connectivity index (χ3n) is 7.80. The van der Waals surface area contributed by atoms with Gasteiger partial charge in [0.15, 0.2) is 0 Å². The van der Waals surface area contributed by atoms with Crippen LogP contribution in [0.3, 0.4) is 0 Å². The Kier molecular flexibility index (Phi) is 8.17. The van der Waals surface area contributed by atoms with Crippen LogP contribution in [0.1, 0.15) is 57.1 Å². The lowest BCUT2D eigenvalue weighted by Gasteiger charge is -2.58. The first-order chi connectivity index (χ1) is 14.6. The molecule has 5 heteroatoms. The molecule has 3 aliphatic rings. The fourth-order valence-electron chi connectivity index (χ4n) is 6.08. The Bertz CT molecular complexity index is 889. The van der Waals surface area contributed by atoms with Gasteiger partial charge in [-0.25, -0.2) is 0 Å². The summed E-state index contributed by atoms with van der Waals surface area (Å²) in [4.78, 5) is 4.52. The summed E-state index contributed by atoms with van der Waals surface area (Å²) in [5.74, 6) is 2.05. The smallest absolute Gasteiger partial charge is 0.131 e. The van der Waals surface area contributed by atoms with Gasteiger partial charge >= 0.3 is 0 Å². The molecule has 1 aromatic carbocycles. The van der Waals surface area contributed by atoms with Crippen molar-refractivity contribution in [1.82, 2.24) is 4.98 Å². The molecule has 31 heavy (non-hydrogen) atoms. The molecule has 0 aliphatic carbocycles. The average molecular weight is 489 g/mol. The van der Waals surface area contributed by atoms with E-state index in [4.69, 9.17) is 4.74 Å². The number of hydrogen-bond donors (Lipinski definition) is 1. The Morgan fingerprint density at radius 2 is 2.13 bits per heavy atom. The van der Waals surface area contributed by atoms with E-state index in [9.17, 15) is 5.11 Å². The zero-order chi connectivity index (χ0) is 21.1. The quantitative estimate of drug-likeness (QED) is 0.334. The van der Waals surface area contributed by atoms with Gasteiger partial charge in [0.05, 0.1) is 32.3 Å². The lowest BCUT2D eigenvalue weighted by Crippen LogP contribution is -3.00. The Labute approximate surface area is 197 Å². The number of methoxy groups -OCH3 is 1. The van der Waals surface area contributed by atoms with Gasteiger partial charge in [-0.15, -0.1) is 6.58 Å². The highest BCUT2D eigenvalue weighted by Crippen LogP contribution is 2.47. The van der Waals surface area contributed by atoms with Crippen LogP contribution >= 0.6 is 0 Å². The summed E-state index contributed by atoms with van der Waals surface area (Å²) in [5, 5.41) is 12.8. The van der Waals surface area contributed by atoms with Gasteiger partial charge in [-0.1, -0.05) is 25.8 Å². The topological polar surface area (TPSA) is 42.4 Å². The molecule has 3 fully saturated rings. The molecule has 0 spiro atoms. The number of fused-ring (bicyclic) bond motifs is 4. The number of quaternary nitrogens is 1. The zero-order valence-corrected chi connectivity index (χ0v) is 20.6. The van der Waals surface area contributed by atoms with Gasteiger partial charge in [-0.05, 0) is 48.6 Å². The highest BCUT2D eigenvalue weighted by Gasteiger charge is 2.53. The van der Waals surface area contributed by atoms with Crippen molar-refractivity contribution in [1.29, 1.82) is 0 Å². The minimum absolute atomic E-state index is 0. The van der Waals surface area contributed by atoms with Crippen molar-refractivity contribution in [3.05, 3.63) is 48.7 Å². The molecule has 2 aromatic rings. The lowest BCUT2D eigenvalue weighted by molar-refractivity contribution is -0.973. The van der Waals surface area contributed by atoms with E-state index < -0.39 is 6.10 Å². The van der Waals surface area contributed by atoms with Crippen LogP contribution in [0.2, 0.25) is 0 Å². The first kappa shape index (κ1) is 24.2. The summed E-state index contributed by atoms with van der Waals surface area (Å²) in [6, 6.07) is 8.21. The molecule has 4 nitrogen and oxygen atoms in total. The van der Waals surface area contributed by atoms with Crippen molar-refractivity contribution in [3.63, 3.8) is 0 Å². The molecule has 4 heterocycles. The van der Waals surface area contributed by atoms with E-state index in [0.717, 1.165) is 39.7 Å². The maximum atomic E-state index is 11.7. The second kappa shape index (κ2) is 10.5. The van der Waals surface area contributed by atoms with E-state index in [1.807, 2.05) is 30.5 Å². The number of aliphatic hydroxyl groups excluding tert-OH is 1. The standard InChI is InChI=1S/C26H37N2O2.BrH/c1-4-6-7-8-14-28-15-12-20(19(5-2)18-28)16-25(28)26(29)22-11-13-27-24-10-9-21(30-3)17-23(22)24;/h5,9-11,13,17,19-20,25-26,29H,2,4,6-8,12,14-16,18H2,1,3H3;1H/q+1;/p-1/t19-,20-,25-,26+,28-;/m0./s1. The minimum atomic E-state index is -0.484. The maximum Gasteiger partial charge on any atom is 0.131 e. The first-order valence-electron chi connectivity index (χ1n) is 11.7. The average Bonchev–Trinajstić information content (AvgIpc) is 2.80. The Morgan fingerprint density at radius 1 is 1.29 bits per heavy atom. The zero-order valence-electron chi connectivity index (χ0n) is 19.0. The number of ether oxygens (including phenoxy) is 1. The molecular formula is C26H37BrN2O2. The summed E-state index contributed by atoms with van der Waals surface area (Å²) in [6.45, 7) is 9.90. The number of nitrogens with zero attached hydrogens (tertiary/aromatic N) is 2. The van der Waals surface area contributed by atoms with Crippen LogP contribution in [0.4, 0.5) is 0 Å². The summed E-state index contributed by atoms with van der Waals surface area (Å²) < 4.78 is 6.50. The molecule has 0 saturated carbocycles. The van der Waals surface area contributed by atoms with Crippen molar-refractivity contribution in [2.24, 2.45) is 11.8 Å². The number of benzene rings is 1. The van der Waals surface area contributed by atoms with Gasteiger partial charge in [0.2, 0.25) is 0 Å². The lowest BCUT2D eigenvalue weighted by atomic mass is 9.71. The molecule has 5 atom stereocenters. The van der Waals surface area contributed by atoms with Crippen LogP contribution in [0.25, 0.3) is 10.9 Å². The second-order valence-electron chi connectivity index (χ2n) is 9.39. The van der Waals surface area contributed by atoms with Crippen molar-refractivity contribution in [2.45, 2.75) is 57.6 Å². The fraction of sp³-hybridized carbons (Fsp3) is 0.577. The van der Waals surface area contributed by atoms with E-state index in [1.54, 1.807) is 7.11 Å². The maximum absolute atomic E-state index is 11.7. The minimum Gasteiger partial charge on any atom is -1.00 e. The molecule has 170 valence electrons. The van der Waals surface area contributed by atoms with Crippen LogP contribution in [0, 0.1) is 11.8 Å². The van der Waals surface area contributed by atoms with Gasteiger partial charge in [-0.3, -0.25) is 4.98 Å². The number of rotatable bonds is 9. The van der Waals surface area contributed by atoms with Crippen LogP contribution in [0.15, 0.2) is 43.1 Å². The SMILES string of the molecule is C=C[C@H]1C[N@+]2(CCCCCC)CC[C@H]1C[C@H]2[C@H](O)c1ccnc2ccc(OC)cc12.[Br-]. The number of pyridine rings is 1. The van der Waals surface area contributed by atoms with Gasteiger partial charge in [0, 0.05) is 30.3 Å². The van der Waals surface area contributed by atoms with Crippen LogP contribution in [-0.2, 0) is 0 Å².